The lowest BCUT2D eigenvalue weighted by molar-refractivity contribution is 0.203. The molecule has 13 heavy (non-hydrogen) atoms. The van der Waals surface area contributed by atoms with Gasteiger partial charge in [-0.2, -0.15) is 0 Å². The fourth-order valence-corrected chi connectivity index (χ4v) is 1.06. The van der Waals surface area contributed by atoms with Crippen molar-refractivity contribution in [3.05, 3.63) is 29.8 Å². The third kappa shape index (κ3) is 2.18. The first kappa shape index (κ1) is 9.99. The lowest BCUT2D eigenvalue weighted by atomic mass is 9.98. The third-order valence-electron chi connectivity index (χ3n) is 2.08. The van der Waals surface area contributed by atoms with Crippen molar-refractivity contribution in [2.75, 3.05) is 13.7 Å². The van der Waals surface area contributed by atoms with Crippen LogP contribution < -0.4 is 10.5 Å². The lowest BCUT2D eigenvalue weighted by Crippen LogP contribution is -2.26. The molecule has 0 unspecified atom stereocenters. The molecule has 2 N–H and O–H groups in total. The number of hydrogen-bond donors (Lipinski definition) is 1. The zero-order valence-electron chi connectivity index (χ0n) is 7.88. The molecular formula is C10H14FNO. The highest BCUT2D eigenvalue weighted by atomic mass is 19.1. The molecule has 0 fully saturated rings. The van der Waals surface area contributed by atoms with Gasteiger partial charge in [0.05, 0.1) is 7.11 Å². The molecule has 0 heterocycles. The van der Waals surface area contributed by atoms with Crippen LogP contribution in [0.5, 0.6) is 5.75 Å². The smallest absolute Gasteiger partial charge is 0.145 e. The molecule has 1 atom stereocenters. The van der Waals surface area contributed by atoms with Crippen molar-refractivity contribution in [1.29, 1.82) is 0 Å². The molecule has 72 valence electrons. The molecule has 0 bridgehead atoms. The number of ether oxygens (including phenoxy) is 1. The molecule has 1 rings (SSSR count). The van der Waals surface area contributed by atoms with E-state index in [0.29, 0.717) is 5.56 Å². The molecule has 0 aliphatic carbocycles. The van der Waals surface area contributed by atoms with E-state index < -0.39 is 5.67 Å². The van der Waals surface area contributed by atoms with Gasteiger partial charge in [0, 0.05) is 6.54 Å². The Bertz CT molecular complexity index is 269. The normalized spacial score (nSPS) is 15.1. The van der Waals surface area contributed by atoms with Crippen LogP contribution in [0.3, 0.4) is 0 Å². The molecule has 0 spiro atoms. The van der Waals surface area contributed by atoms with Crippen molar-refractivity contribution in [1.82, 2.24) is 0 Å². The number of alkyl halides is 1. The summed E-state index contributed by atoms with van der Waals surface area (Å²) in [5, 5.41) is 0. The van der Waals surface area contributed by atoms with E-state index in [1.165, 1.54) is 6.92 Å². The van der Waals surface area contributed by atoms with Crippen LogP contribution >= 0.6 is 0 Å². The summed E-state index contributed by atoms with van der Waals surface area (Å²) in [5.74, 6) is 0.719. The average molecular weight is 183 g/mol. The van der Waals surface area contributed by atoms with E-state index in [0.717, 1.165) is 5.75 Å². The minimum Gasteiger partial charge on any atom is -0.497 e. The van der Waals surface area contributed by atoms with Gasteiger partial charge in [0.25, 0.3) is 0 Å². The predicted molar refractivity (Wildman–Crippen MR) is 50.5 cm³/mol. The van der Waals surface area contributed by atoms with Crippen LogP contribution in [0.15, 0.2) is 24.3 Å². The number of hydrogen-bond acceptors (Lipinski definition) is 2. The van der Waals surface area contributed by atoms with E-state index in [4.69, 9.17) is 10.5 Å². The molecule has 3 heteroatoms. The van der Waals surface area contributed by atoms with E-state index in [2.05, 4.69) is 0 Å². The highest BCUT2D eigenvalue weighted by molar-refractivity contribution is 5.30. The Kier molecular flexibility index (Phi) is 2.88. The highest BCUT2D eigenvalue weighted by Crippen LogP contribution is 2.25. The van der Waals surface area contributed by atoms with Crippen LogP contribution in [-0.2, 0) is 5.67 Å². The Morgan fingerprint density at radius 1 is 1.38 bits per heavy atom. The van der Waals surface area contributed by atoms with Crippen molar-refractivity contribution in [2.24, 2.45) is 5.73 Å². The average Bonchev–Trinajstić information content (AvgIpc) is 2.18. The summed E-state index contributed by atoms with van der Waals surface area (Å²) in [4.78, 5) is 0. The van der Waals surface area contributed by atoms with Crippen LogP contribution in [0.1, 0.15) is 12.5 Å². The fraction of sp³-hybridized carbons (Fsp3) is 0.400. The van der Waals surface area contributed by atoms with Gasteiger partial charge in [0.1, 0.15) is 11.4 Å². The zero-order valence-corrected chi connectivity index (χ0v) is 7.88. The second-order valence-corrected chi connectivity index (χ2v) is 3.13. The lowest BCUT2D eigenvalue weighted by Gasteiger charge is -2.18. The van der Waals surface area contributed by atoms with Gasteiger partial charge in [-0.1, -0.05) is 12.1 Å². The minimum atomic E-state index is -1.45. The van der Waals surface area contributed by atoms with E-state index in [1.807, 2.05) is 0 Å². The summed E-state index contributed by atoms with van der Waals surface area (Å²) in [6.07, 6.45) is 0. The van der Waals surface area contributed by atoms with Gasteiger partial charge < -0.3 is 10.5 Å². The molecule has 0 aliphatic rings. The second kappa shape index (κ2) is 3.75. The number of rotatable bonds is 3. The number of halogens is 1. The van der Waals surface area contributed by atoms with Crippen LogP contribution in [0.25, 0.3) is 0 Å². The van der Waals surface area contributed by atoms with Crippen molar-refractivity contribution < 1.29 is 9.13 Å². The maximum atomic E-state index is 13.6. The molecule has 0 saturated carbocycles. The third-order valence-corrected chi connectivity index (χ3v) is 2.08. The SMILES string of the molecule is COc1ccc([C@](C)(F)CN)cc1. The van der Waals surface area contributed by atoms with Crippen molar-refractivity contribution >= 4 is 0 Å². The second-order valence-electron chi connectivity index (χ2n) is 3.13. The summed E-state index contributed by atoms with van der Waals surface area (Å²) in [5.41, 5.74) is 4.43. The fourth-order valence-electron chi connectivity index (χ4n) is 1.06. The summed E-state index contributed by atoms with van der Waals surface area (Å²) < 4.78 is 18.6. The molecule has 0 radical (unpaired) electrons. The molecule has 0 saturated heterocycles. The first-order valence-corrected chi connectivity index (χ1v) is 4.13. The van der Waals surface area contributed by atoms with Crippen molar-refractivity contribution in [2.45, 2.75) is 12.6 Å². The Hall–Kier alpha value is -1.09. The van der Waals surface area contributed by atoms with Crippen LogP contribution in [-0.4, -0.2) is 13.7 Å². The van der Waals surface area contributed by atoms with Gasteiger partial charge in [-0.3, -0.25) is 0 Å². The van der Waals surface area contributed by atoms with Crippen molar-refractivity contribution in [3.63, 3.8) is 0 Å². The number of methoxy groups -OCH3 is 1. The Balaban J connectivity index is 2.92. The molecule has 0 aromatic heterocycles. The molecule has 2 nitrogen and oxygen atoms in total. The Labute approximate surface area is 77.5 Å². The minimum absolute atomic E-state index is 0.0146. The Morgan fingerprint density at radius 2 is 1.92 bits per heavy atom. The topological polar surface area (TPSA) is 35.2 Å². The molecule has 1 aromatic rings. The van der Waals surface area contributed by atoms with E-state index in [-0.39, 0.29) is 6.54 Å². The van der Waals surface area contributed by atoms with Gasteiger partial charge in [-0.15, -0.1) is 0 Å². The maximum Gasteiger partial charge on any atom is 0.145 e. The van der Waals surface area contributed by atoms with Gasteiger partial charge in [-0.25, -0.2) is 4.39 Å². The first-order valence-electron chi connectivity index (χ1n) is 4.13. The first-order chi connectivity index (χ1) is 6.10. The molecule has 0 aliphatic heterocycles. The van der Waals surface area contributed by atoms with Crippen LogP contribution in [0.2, 0.25) is 0 Å². The van der Waals surface area contributed by atoms with Gasteiger partial charge >= 0.3 is 0 Å². The summed E-state index contributed by atoms with van der Waals surface area (Å²) >= 11 is 0. The molecular weight excluding hydrogens is 169 g/mol. The van der Waals surface area contributed by atoms with Crippen molar-refractivity contribution in [3.8, 4) is 5.75 Å². The highest BCUT2D eigenvalue weighted by Gasteiger charge is 2.23. The van der Waals surface area contributed by atoms with E-state index >= 15 is 0 Å². The zero-order chi connectivity index (χ0) is 9.90. The maximum absolute atomic E-state index is 13.6. The van der Waals surface area contributed by atoms with Crippen LogP contribution in [0, 0.1) is 0 Å². The van der Waals surface area contributed by atoms with Gasteiger partial charge in [-0.05, 0) is 24.6 Å². The summed E-state index contributed by atoms with van der Waals surface area (Å²) in [7, 11) is 1.58. The quantitative estimate of drug-likeness (QED) is 0.776. The summed E-state index contributed by atoms with van der Waals surface area (Å²) in [6.45, 7) is 1.45. The van der Waals surface area contributed by atoms with E-state index in [9.17, 15) is 4.39 Å². The van der Waals surface area contributed by atoms with Gasteiger partial charge in [0.15, 0.2) is 0 Å². The van der Waals surface area contributed by atoms with Gasteiger partial charge in [0.2, 0.25) is 0 Å². The largest absolute Gasteiger partial charge is 0.497 e. The number of benzene rings is 1. The standard InChI is InChI=1S/C10H14FNO/c1-10(11,7-12)8-3-5-9(13-2)6-4-8/h3-6H,7,12H2,1-2H3/t10-/m1/s1. The predicted octanol–water partition coefficient (Wildman–Crippen LogP) is 1.84. The summed E-state index contributed by atoms with van der Waals surface area (Å²) in [6, 6.07) is 6.82. The Morgan fingerprint density at radius 3 is 2.31 bits per heavy atom. The van der Waals surface area contributed by atoms with Crippen LogP contribution in [0.4, 0.5) is 4.39 Å². The van der Waals surface area contributed by atoms with E-state index in [1.54, 1.807) is 31.4 Å². The monoisotopic (exact) mass is 183 g/mol. The molecule has 1 aromatic carbocycles. The molecule has 0 amide bonds. The number of nitrogens with two attached hydrogens (primary N) is 1.